The maximum Gasteiger partial charge on any atom is 0.164 e. The van der Waals surface area contributed by atoms with E-state index < -0.39 is 0 Å². The van der Waals surface area contributed by atoms with Crippen LogP contribution in [0.25, 0.3) is 0 Å². The van der Waals surface area contributed by atoms with Gasteiger partial charge in [-0.3, -0.25) is 9.69 Å². The van der Waals surface area contributed by atoms with Gasteiger partial charge >= 0.3 is 0 Å². The lowest BCUT2D eigenvalue weighted by Gasteiger charge is -2.14. The molecule has 0 radical (unpaired) electrons. The highest BCUT2D eigenvalue weighted by atomic mass is 16.3. The highest BCUT2D eigenvalue weighted by Crippen LogP contribution is 2.12. The van der Waals surface area contributed by atoms with Crippen LogP contribution in [0.3, 0.4) is 0 Å². The van der Waals surface area contributed by atoms with Gasteiger partial charge in [0.2, 0.25) is 0 Å². The van der Waals surface area contributed by atoms with Crippen molar-refractivity contribution in [1.29, 1.82) is 0 Å². The summed E-state index contributed by atoms with van der Waals surface area (Å²) in [4.78, 5) is 14.3. The largest absolute Gasteiger partial charge is 0.465 e. The second-order valence-corrected chi connectivity index (χ2v) is 5.24. The Kier molecular flexibility index (Phi) is 4.74. The van der Waals surface area contributed by atoms with E-state index in [-0.39, 0.29) is 5.78 Å². The molecule has 0 saturated carbocycles. The fourth-order valence-corrected chi connectivity index (χ4v) is 2.23. The van der Waals surface area contributed by atoms with Gasteiger partial charge in [0, 0.05) is 18.5 Å². The summed E-state index contributed by atoms with van der Waals surface area (Å²) in [6.45, 7) is 5.37. The first kappa shape index (κ1) is 14.5. The number of hydrogen-bond acceptors (Lipinski definition) is 3. The molecule has 0 fully saturated rings. The molecule has 1 aromatic heterocycles. The highest BCUT2D eigenvalue weighted by molar-refractivity contribution is 5.97. The van der Waals surface area contributed by atoms with E-state index in [0.717, 1.165) is 35.7 Å². The Morgan fingerprint density at radius 3 is 2.55 bits per heavy atom. The van der Waals surface area contributed by atoms with Crippen LogP contribution in [0.15, 0.2) is 40.8 Å². The van der Waals surface area contributed by atoms with Crippen molar-refractivity contribution >= 4 is 5.78 Å². The Balaban J connectivity index is 1.85. The molecule has 3 nitrogen and oxygen atoms in total. The van der Waals surface area contributed by atoms with Crippen LogP contribution in [-0.4, -0.2) is 24.3 Å². The van der Waals surface area contributed by atoms with Gasteiger partial charge in [-0.05, 0) is 38.6 Å². The van der Waals surface area contributed by atoms with Crippen molar-refractivity contribution in [2.75, 3.05) is 13.6 Å². The van der Waals surface area contributed by atoms with Gasteiger partial charge in [-0.15, -0.1) is 0 Å². The predicted octanol–water partition coefficient (Wildman–Crippen LogP) is 3.60. The van der Waals surface area contributed by atoms with Gasteiger partial charge < -0.3 is 4.42 Å². The number of carbonyl (C=O) groups excluding carboxylic acids is 1. The number of benzene rings is 1. The molecular weight excluding hydrogens is 250 g/mol. The molecule has 0 N–H and O–H groups in total. The van der Waals surface area contributed by atoms with Crippen LogP contribution in [-0.2, 0) is 6.54 Å². The Morgan fingerprint density at radius 1 is 1.15 bits per heavy atom. The molecule has 0 spiro atoms. The first-order valence-corrected chi connectivity index (χ1v) is 6.89. The van der Waals surface area contributed by atoms with Crippen LogP contribution >= 0.6 is 0 Å². The third-order valence-electron chi connectivity index (χ3n) is 3.39. The zero-order chi connectivity index (χ0) is 14.5. The van der Waals surface area contributed by atoms with E-state index >= 15 is 0 Å². The molecule has 106 valence electrons. The van der Waals surface area contributed by atoms with Crippen LogP contribution in [0, 0.1) is 13.8 Å². The lowest BCUT2D eigenvalue weighted by molar-refractivity contribution is 0.0965. The Labute approximate surface area is 120 Å². The molecule has 2 rings (SSSR count). The first-order chi connectivity index (χ1) is 9.56. The van der Waals surface area contributed by atoms with E-state index in [1.807, 2.05) is 57.3 Å². The zero-order valence-corrected chi connectivity index (χ0v) is 12.3. The summed E-state index contributed by atoms with van der Waals surface area (Å²) >= 11 is 0. The lowest BCUT2D eigenvalue weighted by Crippen LogP contribution is -2.21. The molecule has 2 aromatic rings. The maximum absolute atomic E-state index is 12.2. The van der Waals surface area contributed by atoms with Gasteiger partial charge in [0.15, 0.2) is 5.78 Å². The van der Waals surface area contributed by atoms with E-state index in [1.165, 1.54) is 0 Å². The molecule has 0 atom stereocenters. The van der Waals surface area contributed by atoms with Gasteiger partial charge in [0.05, 0.1) is 6.54 Å². The van der Waals surface area contributed by atoms with Crippen molar-refractivity contribution in [2.45, 2.75) is 26.8 Å². The van der Waals surface area contributed by atoms with Crippen molar-refractivity contribution < 1.29 is 9.21 Å². The normalized spacial score (nSPS) is 11.0. The van der Waals surface area contributed by atoms with E-state index in [1.54, 1.807) is 0 Å². The van der Waals surface area contributed by atoms with Crippen molar-refractivity contribution in [3.05, 3.63) is 59.0 Å². The van der Waals surface area contributed by atoms with Gasteiger partial charge in [-0.25, -0.2) is 0 Å². The van der Waals surface area contributed by atoms with E-state index in [9.17, 15) is 4.79 Å². The molecule has 0 aliphatic heterocycles. The van der Waals surface area contributed by atoms with Gasteiger partial charge in [-0.1, -0.05) is 24.3 Å². The average Bonchev–Trinajstić information content (AvgIpc) is 2.82. The monoisotopic (exact) mass is 271 g/mol. The molecular formula is C17H21NO2. The van der Waals surface area contributed by atoms with E-state index in [0.29, 0.717) is 6.42 Å². The maximum atomic E-state index is 12.2. The fraction of sp³-hybridized carbons (Fsp3) is 0.353. The summed E-state index contributed by atoms with van der Waals surface area (Å²) in [5, 5.41) is 0. The minimum absolute atomic E-state index is 0.200. The molecule has 0 unspecified atom stereocenters. The highest BCUT2D eigenvalue weighted by Gasteiger charge is 2.10. The standard InChI is InChI=1S/C17H21NO2/c1-13-6-4-5-7-16(13)17(19)10-11-18(3)12-15-9-8-14(2)20-15/h4-9H,10-12H2,1-3H3. The smallest absolute Gasteiger partial charge is 0.164 e. The van der Waals surface area contributed by atoms with Crippen LogP contribution in [0.5, 0.6) is 0 Å². The molecule has 1 heterocycles. The number of ketones is 1. The number of hydrogen-bond donors (Lipinski definition) is 0. The quantitative estimate of drug-likeness (QED) is 0.753. The molecule has 3 heteroatoms. The van der Waals surface area contributed by atoms with E-state index in [4.69, 9.17) is 4.42 Å². The number of carbonyl (C=O) groups is 1. The molecule has 0 aliphatic carbocycles. The number of nitrogens with zero attached hydrogens (tertiary/aromatic N) is 1. The second kappa shape index (κ2) is 6.53. The third-order valence-corrected chi connectivity index (χ3v) is 3.39. The number of furan rings is 1. The van der Waals surface area contributed by atoms with E-state index in [2.05, 4.69) is 4.90 Å². The Hall–Kier alpha value is -1.87. The summed E-state index contributed by atoms with van der Waals surface area (Å²) in [6.07, 6.45) is 0.529. The summed E-state index contributed by atoms with van der Waals surface area (Å²) < 4.78 is 5.54. The molecule has 0 amide bonds. The second-order valence-electron chi connectivity index (χ2n) is 5.24. The van der Waals surface area contributed by atoms with Gasteiger partial charge in [-0.2, -0.15) is 0 Å². The number of rotatable bonds is 6. The minimum Gasteiger partial charge on any atom is -0.465 e. The summed E-state index contributed by atoms with van der Waals surface area (Å²) in [5.41, 5.74) is 1.87. The number of aryl methyl sites for hydroxylation is 2. The van der Waals surface area contributed by atoms with Crippen LogP contribution in [0.4, 0.5) is 0 Å². The molecule has 0 bridgehead atoms. The SMILES string of the molecule is Cc1ccc(CN(C)CCC(=O)c2ccccc2C)o1. The van der Waals surface area contributed by atoms with Crippen LogP contribution in [0.2, 0.25) is 0 Å². The van der Waals surface area contributed by atoms with Gasteiger partial charge in [0.1, 0.15) is 11.5 Å². The number of Topliss-reactive ketones (excluding diaryl/α,β-unsaturated/α-hetero) is 1. The van der Waals surface area contributed by atoms with Gasteiger partial charge in [0.25, 0.3) is 0 Å². The molecule has 0 saturated heterocycles. The lowest BCUT2D eigenvalue weighted by atomic mass is 10.0. The summed E-state index contributed by atoms with van der Waals surface area (Å²) in [6, 6.07) is 11.7. The average molecular weight is 271 g/mol. The zero-order valence-electron chi connectivity index (χ0n) is 12.3. The van der Waals surface area contributed by atoms with Crippen LogP contribution in [0.1, 0.15) is 33.9 Å². The molecule has 20 heavy (non-hydrogen) atoms. The summed E-state index contributed by atoms with van der Waals surface area (Å²) in [5.74, 6) is 2.06. The fourth-order valence-electron chi connectivity index (χ4n) is 2.23. The Bertz CT molecular complexity index is 586. The minimum atomic E-state index is 0.200. The Morgan fingerprint density at radius 2 is 1.90 bits per heavy atom. The van der Waals surface area contributed by atoms with Crippen molar-refractivity contribution in [1.82, 2.24) is 4.90 Å². The predicted molar refractivity (Wildman–Crippen MR) is 79.9 cm³/mol. The molecule has 0 aliphatic rings. The summed E-state index contributed by atoms with van der Waals surface area (Å²) in [7, 11) is 2.00. The van der Waals surface area contributed by atoms with Crippen molar-refractivity contribution in [2.24, 2.45) is 0 Å². The van der Waals surface area contributed by atoms with Crippen molar-refractivity contribution in [3.63, 3.8) is 0 Å². The third kappa shape index (κ3) is 3.81. The first-order valence-electron chi connectivity index (χ1n) is 6.89. The molecule has 1 aromatic carbocycles. The van der Waals surface area contributed by atoms with Crippen LogP contribution < -0.4 is 0 Å². The van der Waals surface area contributed by atoms with Crippen molar-refractivity contribution in [3.8, 4) is 0 Å². The topological polar surface area (TPSA) is 33.5 Å².